The van der Waals surface area contributed by atoms with Gasteiger partial charge in [-0.25, -0.2) is 18.7 Å². The van der Waals surface area contributed by atoms with E-state index >= 15 is 0 Å². The Hall–Kier alpha value is -3.56. The van der Waals surface area contributed by atoms with E-state index in [2.05, 4.69) is 25.1 Å². The third-order valence-electron chi connectivity index (χ3n) is 3.53. The van der Waals surface area contributed by atoms with Crippen molar-refractivity contribution in [1.82, 2.24) is 34.5 Å². The van der Waals surface area contributed by atoms with Gasteiger partial charge in [0.15, 0.2) is 11.5 Å². The van der Waals surface area contributed by atoms with E-state index in [1.807, 2.05) is 0 Å². The molecule has 0 aliphatic heterocycles. The summed E-state index contributed by atoms with van der Waals surface area (Å²) in [6, 6.07) is 4.51. The van der Waals surface area contributed by atoms with Crippen molar-refractivity contribution in [2.45, 2.75) is 6.54 Å². The van der Waals surface area contributed by atoms with Gasteiger partial charge in [-0.05, 0) is 12.1 Å². The van der Waals surface area contributed by atoms with Gasteiger partial charge in [-0.3, -0.25) is 0 Å². The van der Waals surface area contributed by atoms with E-state index in [4.69, 9.17) is 11.5 Å². The smallest absolute Gasteiger partial charge is 0.224 e. The molecular weight excluding hydrogens is 313 g/mol. The second-order valence-corrected chi connectivity index (χ2v) is 5.14. The molecule has 0 radical (unpaired) electrons. The first-order valence-electron chi connectivity index (χ1n) is 7.00. The summed E-state index contributed by atoms with van der Waals surface area (Å²) in [5.41, 5.74) is 12.6. The maximum atomic E-state index is 14.0. The predicted molar refractivity (Wildman–Crippen MR) is 84.6 cm³/mol. The second-order valence-electron chi connectivity index (χ2n) is 5.14. The summed E-state index contributed by atoms with van der Waals surface area (Å²) in [5.74, 6) is 0.115. The zero-order valence-electron chi connectivity index (χ0n) is 12.3. The highest BCUT2D eigenvalue weighted by molar-refractivity contribution is 5.83. The SMILES string of the molecule is Nc1ccc(Cn2ncc3c(-n4cncn4)nc(N)nc32)c(F)c1. The number of hydrogen-bond acceptors (Lipinski definition) is 7. The van der Waals surface area contributed by atoms with Crippen molar-refractivity contribution in [3.8, 4) is 5.82 Å². The lowest BCUT2D eigenvalue weighted by molar-refractivity contribution is 0.590. The molecular formula is C14H12FN9. The van der Waals surface area contributed by atoms with Gasteiger partial charge in [0.05, 0.1) is 18.1 Å². The number of fused-ring (bicyclic) bond motifs is 1. The Bertz CT molecular complexity index is 1020. The summed E-state index contributed by atoms with van der Waals surface area (Å²) in [7, 11) is 0. The van der Waals surface area contributed by atoms with Crippen LogP contribution in [0.5, 0.6) is 0 Å². The highest BCUT2D eigenvalue weighted by Crippen LogP contribution is 2.21. The zero-order valence-corrected chi connectivity index (χ0v) is 12.3. The fraction of sp³-hybridized carbons (Fsp3) is 0.0714. The number of halogens is 1. The first-order chi connectivity index (χ1) is 11.6. The summed E-state index contributed by atoms with van der Waals surface area (Å²) in [6.45, 7) is 0.183. The van der Waals surface area contributed by atoms with Gasteiger partial charge in [-0.2, -0.15) is 20.2 Å². The molecule has 0 amide bonds. The molecule has 0 fully saturated rings. The molecule has 0 aliphatic carbocycles. The van der Waals surface area contributed by atoms with Gasteiger partial charge in [-0.1, -0.05) is 6.07 Å². The number of nitrogens with zero attached hydrogens (tertiary/aromatic N) is 7. The summed E-state index contributed by atoms with van der Waals surface area (Å²) < 4.78 is 17.0. The van der Waals surface area contributed by atoms with Gasteiger partial charge >= 0.3 is 0 Å². The number of aromatic nitrogens is 7. The summed E-state index contributed by atoms with van der Waals surface area (Å²) in [4.78, 5) is 12.3. The number of benzene rings is 1. The summed E-state index contributed by atoms with van der Waals surface area (Å²) >= 11 is 0. The Kier molecular flexibility index (Phi) is 3.08. The lowest BCUT2D eigenvalue weighted by atomic mass is 10.2. The van der Waals surface area contributed by atoms with Crippen LogP contribution in [0, 0.1) is 5.82 Å². The first-order valence-corrected chi connectivity index (χ1v) is 7.00. The lowest BCUT2D eigenvalue weighted by Gasteiger charge is -2.07. The van der Waals surface area contributed by atoms with Crippen LogP contribution < -0.4 is 11.5 Å². The van der Waals surface area contributed by atoms with Crippen LogP contribution in [0.25, 0.3) is 16.9 Å². The molecule has 4 aromatic rings. The third kappa shape index (κ3) is 2.29. The molecule has 4 N–H and O–H groups in total. The van der Waals surface area contributed by atoms with Crippen molar-refractivity contribution in [2.75, 3.05) is 11.5 Å². The van der Waals surface area contributed by atoms with Crippen molar-refractivity contribution in [1.29, 1.82) is 0 Å². The molecule has 1 aromatic carbocycles. The molecule has 4 rings (SSSR count). The van der Waals surface area contributed by atoms with Crippen LogP contribution in [-0.2, 0) is 6.54 Å². The Morgan fingerprint density at radius 1 is 1.12 bits per heavy atom. The zero-order chi connectivity index (χ0) is 16.7. The minimum atomic E-state index is -0.405. The molecule has 0 saturated carbocycles. The van der Waals surface area contributed by atoms with Gasteiger partial charge in [0.1, 0.15) is 18.5 Å². The van der Waals surface area contributed by atoms with Crippen LogP contribution in [0.3, 0.4) is 0 Å². The summed E-state index contributed by atoms with van der Waals surface area (Å²) in [5, 5.41) is 8.94. The molecule has 0 aliphatic rings. The predicted octanol–water partition coefficient (Wildman–Crippen LogP) is 0.759. The molecule has 120 valence electrons. The van der Waals surface area contributed by atoms with Gasteiger partial charge in [0, 0.05) is 11.3 Å². The molecule has 10 heteroatoms. The number of rotatable bonds is 3. The second kappa shape index (κ2) is 5.26. The van der Waals surface area contributed by atoms with Gasteiger partial charge < -0.3 is 11.5 Å². The number of nitrogen functional groups attached to an aromatic ring is 2. The van der Waals surface area contributed by atoms with E-state index in [1.54, 1.807) is 23.0 Å². The Morgan fingerprint density at radius 3 is 2.75 bits per heavy atom. The van der Waals surface area contributed by atoms with E-state index in [0.717, 1.165) is 0 Å². The van der Waals surface area contributed by atoms with Gasteiger partial charge in [0.25, 0.3) is 0 Å². The maximum absolute atomic E-state index is 14.0. The molecule has 0 saturated heterocycles. The molecule has 3 aromatic heterocycles. The standard InChI is InChI=1S/C14H12FN9/c15-11-3-9(16)2-1-8(11)5-23-12-10(4-19-23)13(22-14(17)21-12)24-7-18-6-20-24/h1-4,6-7H,5,16H2,(H2,17,21,22). The number of nitrogens with two attached hydrogens (primary N) is 2. The van der Waals surface area contributed by atoms with E-state index in [-0.39, 0.29) is 12.5 Å². The van der Waals surface area contributed by atoms with Crippen LogP contribution in [-0.4, -0.2) is 34.5 Å². The van der Waals surface area contributed by atoms with Crippen molar-refractivity contribution in [2.24, 2.45) is 0 Å². The molecule has 24 heavy (non-hydrogen) atoms. The first kappa shape index (κ1) is 14.1. The average molecular weight is 325 g/mol. The highest BCUT2D eigenvalue weighted by atomic mass is 19.1. The number of anilines is 2. The van der Waals surface area contributed by atoms with Crippen molar-refractivity contribution < 1.29 is 4.39 Å². The molecule has 3 heterocycles. The van der Waals surface area contributed by atoms with E-state index < -0.39 is 5.82 Å². The Morgan fingerprint density at radius 2 is 2.00 bits per heavy atom. The Balaban J connectivity index is 1.83. The minimum absolute atomic E-state index is 0.0625. The van der Waals surface area contributed by atoms with E-state index in [1.165, 1.54) is 23.4 Å². The fourth-order valence-corrected chi connectivity index (χ4v) is 2.42. The monoisotopic (exact) mass is 325 g/mol. The van der Waals surface area contributed by atoms with Crippen LogP contribution in [0.2, 0.25) is 0 Å². The topological polar surface area (TPSA) is 126 Å². The van der Waals surface area contributed by atoms with Crippen LogP contribution in [0.4, 0.5) is 16.0 Å². The van der Waals surface area contributed by atoms with E-state index in [0.29, 0.717) is 28.1 Å². The van der Waals surface area contributed by atoms with E-state index in [9.17, 15) is 4.39 Å². The van der Waals surface area contributed by atoms with Crippen LogP contribution in [0.1, 0.15) is 5.56 Å². The van der Waals surface area contributed by atoms with Gasteiger partial charge in [-0.15, -0.1) is 0 Å². The maximum Gasteiger partial charge on any atom is 0.224 e. The number of hydrogen-bond donors (Lipinski definition) is 2. The molecule has 0 spiro atoms. The van der Waals surface area contributed by atoms with Crippen LogP contribution in [0.15, 0.2) is 37.1 Å². The summed E-state index contributed by atoms with van der Waals surface area (Å²) in [6.07, 6.45) is 4.47. The average Bonchev–Trinajstić information content (AvgIpc) is 3.20. The highest BCUT2D eigenvalue weighted by Gasteiger charge is 2.15. The quantitative estimate of drug-likeness (QED) is 0.532. The third-order valence-corrected chi connectivity index (χ3v) is 3.53. The molecule has 0 bridgehead atoms. The Labute approximate surface area is 134 Å². The molecule has 0 unspecified atom stereocenters. The lowest BCUT2D eigenvalue weighted by Crippen LogP contribution is -2.08. The largest absolute Gasteiger partial charge is 0.399 e. The normalized spacial score (nSPS) is 11.2. The molecule has 0 atom stereocenters. The minimum Gasteiger partial charge on any atom is -0.399 e. The fourth-order valence-electron chi connectivity index (χ4n) is 2.42. The van der Waals surface area contributed by atoms with Crippen molar-refractivity contribution in [3.05, 3.63) is 48.4 Å². The van der Waals surface area contributed by atoms with Crippen LogP contribution >= 0.6 is 0 Å². The van der Waals surface area contributed by atoms with Crippen molar-refractivity contribution >= 4 is 22.7 Å². The molecule has 9 nitrogen and oxygen atoms in total. The van der Waals surface area contributed by atoms with Gasteiger partial charge in [0.2, 0.25) is 5.95 Å². The van der Waals surface area contributed by atoms with Crippen molar-refractivity contribution in [3.63, 3.8) is 0 Å².